The first kappa shape index (κ1) is 8.96. The molecule has 76 valence electrons. The molecule has 0 heteroatoms. The van der Waals surface area contributed by atoms with Gasteiger partial charge in [0.15, 0.2) is 0 Å². The van der Waals surface area contributed by atoms with Crippen molar-refractivity contribution in [1.29, 1.82) is 0 Å². The third-order valence-corrected chi connectivity index (χ3v) is 3.70. The van der Waals surface area contributed by atoms with Gasteiger partial charge in [0, 0.05) is 0 Å². The number of hydrogen-bond acceptors (Lipinski definition) is 0. The van der Waals surface area contributed by atoms with E-state index in [0.29, 0.717) is 5.41 Å². The van der Waals surface area contributed by atoms with E-state index in [0.717, 1.165) is 5.92 Å². The summed E-state index contributed by atoms with van der Waals surface area (Å²) in [6, 6.07) is 10.8. The second-order valence-electron chi connectivity index (χ2n) is 4.95. The Bertz CT molecular complexity index is 425. The van der Waals surface area contributed by atoms with Crippen LogP contribution in [0, 0.1) is 11.3 Å². The van der Waals surface area contributed by atoms with Crippen molar-refractivity contribution >= 4 is 0 Å². The number of rotatable bonds is 2. The summed E-state index contributed by atoms with van der Waals surface area (Å²) in [6.07, 6.45) is 9.70. The molecule has 0 bridgehead atoms. The Kier molecular flexibility index (Phi) is 1.85. The third kappa shape index (κ3) is 1.54. The Morgan fingerprint density at radius 1 is 1.27 bits per heavy atom. The summed E-state index contributed by atoms with van der Waals surface area (Å²) in [7, 11) is 0. The third-order valence-electron chi connectivity index (χ3n) is 3.70. The number of hydrogen-bond donors (Lipinski definition) is 0. The van der Waals surface area contributed by atoms with Gasteiger partial charge < -0.3 is 0 Å². The summed E-state index contributed by atoms with van der Waals surface area (Å²) in [5, 5.41) is 0. The first-order chi connectivity index (χ1) is 7.28. The van der Waals surface area contributed by atoms with Gasteiger partial charge in [-0.3, -0.25) is 0 Å². The second kappa shape index (κ2) is 3.10. The van der Waals surface area contributed by atoms with Crippen LogP contribution < -0.4 is 0 Å². The molecule has 2 unspecified atom stereocenters. The lowest BCUT2D eigenvalue weighted by atomic mass is 9.90. The van der Waals surface area contributed by atoms with Crippen molar-refractivity contribution in [2.24, 2.45) is 11.3 Å². The van der Waals surface area contributed by atoms with E-state index in [1.54, 1.807) is 0 Å². The van der Waals surface area contributed by atoms with Crippen molar-refractivity contribution in [3.05, 3.63) is 59.7 Å². The van der Waals surface area contributed by atoms with Gasteiger partial charge in [0.25, 0.3) is 0 Å². The van der Waals surface area contributed by atoms with Crippen molar-refractivity contribution in [3.8, 4) is 0 Å². The Morgan fingerprint density at radius 2 is 2.07 bits per heavy atom. The molecule has 0 N–H and O–H groups in total. The van der Waals surface area contributed by atoms with Gasteiger partial charge in [0.05, 0.1) is 0 Å². The Labute approximate surface area is 91.3 Å². The lowest BCUT2D eigenvalue weighted by Crippen LogP contribution is -2.06. The van der Waals surface area contributed by atoms with Crippen molar-refractivity contribution in [2.75, 3.05) is 0 Å². The van der Waals surface area contributed by atoms with Crippen molar-refractivity contribution in [3.63, 3.8) is 0 Å². The average Bonchev–Trinajstić information content (AvgIpc) is 2.93. The van der Waals surface area contributed by atoms with Crippen LogP contribution >= 0.6 is 0 Å². The summed E-state index contributed by atoms with van der Waals surface area (Å²) in [5.74, 6) is 0.808. The van der Waals surface area contributed by atoms with Gasteiger partial charge in [-0.15, -0.1) is 0 Å². The van der Waals surface area contributed by atoms with Crippen LogP contribution in [0.15, 0.2) is 54.1 Å². The summed E-state index contributed by atoms with van der Waals surface area (Å²) in [5.41, 5.74) is 3.37. The molecule has 2 aliphatic rings. The fourth-order valence-electron chi connectivity index (χ4n) is 2.68. The van der Waals surface area contributed by atoms with Crippen LogP contribution in [0.5, 0.6) is 0 Å². The molecule has 0 aliphatic heterocycles. The lowest BCUT2D eigenvalue weighted by Gasteiger charge is -2.15. The van der Waals surface area contributed by atoms with E-state index in [9.17, 15) is 0 Å². The van der Waals surface area contributed by atoms with Crippen LogP contribution in [-0.2, 0) is 6.42 Å². The highest BCUT2D eigenvalue weighted by atomic mass is 14.5. The summed E-state index contributed by atoms with van der Waals surface area (Å²) >= 11 is 0. The molecule has 1 fully saturated rings. The van der Waals surface area contributed by atoms with E-state index in [1.165, 1.54) is 24.0 Å². The van der Waals surface area contributed by atoms with E-state index in [4.69, 9.17) is 0 Å². The normalized spacial score (nSPS) is 32.1. The molecular weight excluding hydrogens is 180 g/mol. The number of fused-ring (bicyclic) bond motifs is 1. The highest BCUT2D eigenvalue weighted by Crippen LogP contribution is 2.58. The molecule has 0 heterocycles. The van der Waals surface area contributed by atoms with Crippen LogP contribution in [0.3, 0.4) is 0 Å². The summed E-state index contributed by atoms with van der Waals surface area (Å²) < 4.78 is 0. The molecular formula is C15H16. The van der Waals surface area contributed by atoms with Gasteiger partial charge in [0.2, 0.25) is 0 Å². The van der Waals surface area contributed by atoms with Crippen molar-refractivity contribution in [1.82, 2.24) is 0 Å². The highest BCUT2D eigenvalue weighted by Gasteiger charge is 2.51. The fourth-order valence-corrected chi connectivity index (χ4v) is 2.68. The van der Waals surface area contributed by atoms with Gasteiger partial charge in [-0.05, 0) is 36.7 Å². The zero-order valence-electron chi connectivity index (χ0n) is 9.11. The van der Waals surface area contributed by atoms with E-state index < -0.39 is 0 Å². The van der Waals surface area contributed by atoms with Gasteiger partial charge in [0.1, 0.15) is 0 Å². The minimum atomic E-state index is 0.473. The van der Waals surface area contributed by atoms with Crippen LogP contribution in [0.25, 0.3) is 0 Å². The Morgan fingerprint density at radius 3 is 2.80 bits per heavy atom. The topological polar surface area (TPSA) is 0 Å². The quantitative estimate of drug-likeness (QED) is 0.675. The predicted molar refractivity (Wildman–Crippen MR) is 63.6 cm³/mol. The van der Waals surface area contributed by atoms with E-state index in [2.05, 4.69) is 55.5 Å². The first-order valence-corrected chi connectivity index (χ1v) is 5.70. The average molecular weight is 196 g/mol. The summed E-state index contributed by atoms with van der Waals surface area (Å²) in [6.45, 7) is 2.20. The monoisotopic (exact) mass is 196 g/mol. The second-order valence-corrected chi connectivity index (χ2v) is 4.95. The maximum absolute atomic E-state index is 2.43. The van der Waals surface area contributed by atoms with Crippen LogP contribution in [0.2, 0.25) is 0 Å². The Balaban J connectivity index is 1.80. The molecule has 0 amide bonds. The van der Waals surface area contributed by atoms with Crippen molar-refractivity contribution < 1.29 is 0 Å². The van der Waals surface area contributed by atoms with Crippen LogP contribution in [0.1, 0.15) is 18.9 Å². The fraction of sp³-hybridized carbons (Fsp3) is 0.333. The zero-order chi connectivity index (χ0) is 10.3. The van der Waals surface area contributed by atoms with E-state index >= 15 is 0 Å². The molecule has 0 saturated heterocycles. The molecule has 1 aromatic rings. The zero-order valence-corrected chi connectivity index (χ0v) is 9.11. The minimum absolute atomic E-state index is 0.473. The lowest BCUT2D eigenvalue weighted by molar-refractivity contribution is 0.602. The van der Waals surface area contributed by atoms with Gasteiger partial charge >= 0.3 is 0 Å². The SMILES string of the molecule is CC1=CC2CC2(Cc2ccccc2)C=C1. The maximum Gasteiger partial charge on any atom is -0.000554 e. The number of allylic oxidation sites excluding steroid dienone is 4. The minimum Gasteiger partial charge on any atom is -0.0776 e. The molecule has 0 spiro atoms. The van der Waals surface area contributed by atoms with Crippen molar-refractivity contribution in [2.45, 2.75) is 19.8 Å². The highest BCUT2D eigenvalue weighted by molar-refractivity contribution is 5.36. The van der Waals surface area contributed by atoms with Crippen LogP contribution in [0.4, 0.5) is 0 Å². The largest absolute Gasteiger partial charge is 0.0776 e. The van der Waals surface area contributed by atoms with Gasteiger partial charge in [-0.25, -0.2) is 0 Å². The van der Waals surface area contributed by atoms with E-state index in [1.807, 2.05) is 0 Å². The Hall–Kier alpha value is -1.30. The molecule has 0 nitrogen and oxygen atoms in total. The van der Waals surface area contributed by atoms with Gasteiger partial charge in [-0.2, -0.15) is 0 Å². The molecule has 0 radical (unpaired) electrons. The molecule has 0 aromatic heterocycles. The van der Waals surface area contributed by atoms with Gasteiger partial charge in [-0.1, -0.05) is 54.1 Å². The van der Waals surface area contributed by atoms with Crippen LogP contribution in [-0.4, -0.2) is 0 Å². The molecule has 3 rings (SSSR count). The molecule has 2 aliphatic carbocycles. The molecule has 15 heavy (non-hydrogen) atoms. The number of benzene rings is 1. The molecule has 2 atom stereocenters. The smallest absolute Gasteiger partial charge is 0.000554 e. The standard InChI is InChI=1S/C15H16/c1-12-7-8-15(11-14(15)9-12)10-13-5-3-2-4-6-13/h2-9,14H,10-11H2,1H3. The predicted octanol–water partition coefficient (Wildman–Crippen LogP) is 3.75. The first-order valence-electron chi connectivity index (χ1n) is 5.70. The maximum atomic E-state index is 2.43. The summed E-state index contributed by atoms with van der Waals surface area (Å²) in [4.78, 5) is 0. The van der Waals surface area contributed by atoms with E-state index in [-0.39, 0.29) is 0 Å². The molecule has 1 saturated carbocycles. The molecule has 1 aromatic carbocycles.